The molecule has 1 aromatic heterocycles. The molecule has 2 heterocycles. The molecular formula is C12H19ClFN3O2S. The number of rotatable bonds is 3. The molecule has 0 saturated carbocycles. The number of hydrogen-bond donors (Lipinski definition) is 1. The quantitative estimate of drug-likeness (QED) is 0.915. The van der Waals surface area contributed by atoms with E-state index in [9.17, 15) is 12.8 Å². The first kappa shape index (κ1) is 17.3. The van der Waals surface area contributed by atoms with Gasteiger partial charge in [0.25, 0.3) is 0 Å². The van der Waals surface area contributed by atoms with E-state index >= 15 is 0 Å². The Labute approximate surface area is 124 Å². The minimum Gasteiger partial charge on any atom is -0.326 e. The van der Waals surface area contributed by atoms with Gasteiger partial charge in [0.15, 0.2) is 0 Å². The minimum absolute atomic E-state index is 0. The number of pyridine rings is 1. The van der Waals surface area contributed by atoms with Gasteiger partial charge >= 0.3 is 0 Å². The van der Waals surface area contributed by atoms with Gasteiger partial charge in [-0.05, 0) is 25.8 Å². The van der Waals surface area contributed by atoms with Crippen molar-refractivity contribution in [1.29, 1.82) is 0 Å². The van der Waals surface area contributed by atoms with Gasteiger partial charge in [0.1, 0.15) is 10.7 Å². The lowest BCUT2D eigenvalue weighted by Gasteiger charge is -2.36. The van der Waals surface area contributed by atoms with Crippen molar-refractivity contribution in [2.24, 2.45) is 5.73 Å². The lowest BCUT2D eigenvalue weighted by Crippen LogP contribution is -2.51. The van der Waals surface area contributed by atoms with Crippen molar-refractivity contribution in [3.8, 4) is 0 Å². The highest BCUT2D eigenvalue weighted by Gasteiger charge is 2.35. The summed E-state index contributed by atoms with van der Waals surface area (Å²) in [5.41, 5.74) is 5.87. The van der Waals surface area contributed by atoms with Gasteiger partial charge in [0, 0.05) is 24.8 Å². The standard InChI is InChI=1S/C12H18FN3O2S.ClH/c1-9(14)12-4-2-3-5-16(12)19(17,18)11-6-10(13)7-15-8-11;/h6-9,12H,2-5,14H2,1H3;1H. The third-order valence-electron chi connectivity index (χ3n) is 3.39. The van der Waals surface area contributed by atoms with Gasteiger partial charge in [-0.2, -0.15) is 4.31 Å². The topological polar surface area (TPSA) is 76.3 Å². The van der Waals surface area contributed by atoms with Gasteiger partial charge < -0.3 is 5.73 Å². The molecule has 1 aliphatic rings. The molecule has 1 saturated heterocycles. The molecule has 1 aliphatic heterocycles. The van der Waals surface area contributed by atoms with Crippen molar-refractivity contribution in [2.75, 3.05) is 6.54 Å². The van der Waals surface area contributed by atoms with E-state index < -0.39 is 15.8 Å². The highest BCUT2D eigenvalue weighted by atomic mass is 35.5. The highest BCUT2D eigenvalue weighted by Crippen LogP contribution is 2.26. The number of aromatic nitrogens is 1. The SMILES string of the molecule is CC(N)C1CCCCN1S(=O)(=O)c1cncc(F)c1.Cl. The largest absolute Gasteiger partial charge is 0.326 e. The number of hydrogen-bond acceptors (Lipinski definition) is 4. The third-order valence-corrected chi connectivity index (χ3v) is 5.28. The molecule has 2 unspecified atom stereocenters. The summed E-state index contributed by atoms with van der Waals surface area (Å²) < 4.78 is 39.6. The van der Waals surface area contributed by atoms with Gasteiger partial charge in [0.2, 0.25) is 10.0 Å². The Hall–Kier alpha value is -0.760. The van der Waals surface area contributed by atoms with Gasteiger partial charge in [-0.25, -0.2) is 12.8 Å². The average molecular weight is 324 g/mol. The van der Waals surface area contributed by atoms with E-state index in [2.05, 4.69) is 4.98 Å². The van der Waals surface area contributed by atoms with E-state index in [0.717, 1.165) is 31.5 Å². The van der Waals surface area contributed by atoms with Gasteiger partial charge in [-0.1, -0.05) is 6.42 Å². The molecule has 20 heavy (non-hydrogen) atoms. The second-order valence-corrected chi connectivity index (χ2v) is 6.77. The summed E-state index contributed by atoms with van der Waals surface area (Å²) in [5, 5.41) is 0. The Morgan fingerprint density at radius 3 is 2.75 bits per heavy atom. The summed E-state index contributed by atoms with van der Waals surface area (Å²) in [6.45, 7) is 2.22. The van der Waals surface area contributed by atoms with E-state index in [1.165, 1.54) is 10.5 Å². The molecule has 2 atom stereocenters. The van der Waals surface area contributed by atoms with E-state index in [-0.39, 0.29) is 29.4 Å². The second kappa shape index (κ2) is 6.80. The van der Waals surface area contributed by atoms with Crippen molar-refractivity contribution < 1.29 is 12.8 Å². The van der Waals surface area contributed by atoms with Crippen molar-refractivity contribution in [2.45, 2.75) is 43.2 Å². The number of halogens is 2. The van der Waals surface area contributed by atoms with Crippen LogP contribution in [0.25, 0.3) is 0 Å². The molecule has 5 nitrogen and oxygen atoms in total. The summed E-state index contributed by atoms with van der Waals surface area (Å²) in [5.74, 6) is -0.657. The normalized spacial score (nSPS) is 22.1. The maximum absolute atomic E-state index is 13.2. The van der Waals surface area contributed by atoms with E-state index in [1.807, 2.05) is 0 Å². The Kier molecular flexibility index (Phi) is 5.88. The monoisotopic (exact) mass is 323 g/mol. The fraction of sp³-hybridized carbons (Fsp3) is 0.583. The molecule has 114 valence electrons. The second-order valence-electron chi connectivity index (χ2n) is 4.88. The zero-order valence-electron chi connectivity index (χ0n) is 11.2. The Bertz CT molecular complexity index is 553. The van der Waals surface area contributed by atoms with Crippen LogP contribution in [-0.2, 0) is 10.0 Å². The first-order chi connectivity index (χ1) is 8.93. The molecule has 2 N–H and O–H groups in total. The zero-order valence-corrected chi connectivity index (χ0v) is 12.8. The summed E-state index contributed by atoms with van der Waals surface area (Å²) in [6, 6.07) is 0.508. The van der Waals surface area contributed by atoms with Crippen LogP contribution in [0.2, 0.25) is 0 Å². The molecule has 8 heteroatoms. The highest BCUT2D eigenvalue weighted by molar-refractivity contribution is 7.89. The number of sulfonamides is 1. The summed E-state index contributed by atoms with van der Waals surface area (Å²) in [7, 11) is -3.73. The summed E-state index contributed by atoms with van der Waals surface area (Å²) >= 11 is 0. The number of piperidine rings is 1. The molecule has 0 spiro atoms. The van der Waals surface area contributed by atoms with Crippen LogP contribution in [0, 0.1) is 5.82 Å². The van der Waals surface area contributed by atoms with E-state index in [0.29, 0.717) is 6.54 Å². The van der Waals surface area contributed by atoms with Gasteiger partial charge in [0.05, 0.1) is 6.20 Å². The maximum atomic E-state index is 13.2. The van der Waals surface area contributed by atoms with Crippen molar-refractivity contribution in [3.63, 3.8) is 0 Å². The van der Waals surface area contributed by atoms with E-state index in [4.69, 9.17) is 5.73 Å². The van der Waals surface area contributed by atoms with Crippen LogP contribution in [0.4, 0.5) is 4.39 Å². The first-order valence-electron chi connectivity index (χ1n) is 6.31. The molecule has 0 radical (unpaired) electrons. The van der Waals surface area contributed by atoms with Crippen LogP contribution >= 0.6 is 12.4 Å². The van der Waals surface area contributed by atoms with Crippen LogP contribution in [0.3, 0.4) is 0 Å². The maximum Gasteiger partial charge on any atom is 0.245 e. The Morgan fingerprint density at radius 1 is 1.45 bits per heavy atom. The van der Waals surface area contributed by atoms with Crippen molar-refractivity contribution >= 4 is 22.4 Å². The summed E-state index contributed by atoms with van der Waals surface area (Å²) in [6.07, 6.45) is 4.65. The number of nitrogens with two attached hydrogens (primary N) is 1. The number of nitrogens with zero attached hydrogens (tertiary/aromatic N) is 2. The van der Waals surface area contributed by atoms with E-state index in [1.54, 1.807) is 6.92 Å². The van der Waals surface area contributed by atoms with Crippen molar-refractivity contribution in [3.05, 3.63) is 24.3 Å². The average Bonchev–Trinajstić information content (AvgIpc) is 2.38. The lowest BCUT2D eigenvalue weighted by atomic mass is 10.00. The first-order valence-corrected chi connectivity index (χ1v) is 7.75. The fourth-order valence-corrected chi connectivity index (χ4v) is 4.17. The molecule has 0 amide bonds. The third kappa shape index (κ3) is 3.46. The molecular weight excluding hydrogens is 305 g/mol. The Morgan fingerprint density at radius 2 is 2.15 bits per heavy atom. The molecule has 1 fully saturated rings. The molecule has 2 rings (SSSR count). The van der Waals surface area contributed by atoms with Crippen LogP contribution in [0.15, 0.2) is 23.4 Å². The molecule has 1 aromatic rings. The fourth-order valence-electron chi connectivity index (χ4n) is 2.42. The van der Waals surface area contributed by atoms with Gasteiger partial charge in [-0.3, -0.25) is 4.98 Å². The smallest absolute Gasteiger partial charge is 0.245 e. The molecule has 0 aromatic carbocycles. The zero-order chi connectivity index (χ0) is 14.0. The lowest BCUT2D eigenvalue weighted by molar-refractivity contribution is 0.227. The Balaban J connectivity index is 0.00000200. The molecule has 0 bridgehead atoms. The van der Waals surface area contributed by atoms with Crippen LogP contribution in [0.5, 0.6) is 0 Å². The van der Waals surface area contributed by atoms with Crippen LogP contribution in [0.1, 0.15) is 26.2 Å². The summed E-state index contributed by atoms with van der Waals surface area (Å²) in [4.78, 5) is 3.49. The minimum atomic E-state index is -3.73. The molecule has 0 aliphatic carbocycles. The predicted octanol–water partition coefficient (Wildman–Crippen LogP) is 1.53. The van der Waals surface area contributed by atoms with Gasteiger partial charge in [-0.15, -0.1) is 12.4 Å². The van der Waals surface area contributed by atoms with Crippen LogP contribution in [-0.4, -0.2) is 36.3 Å². The van der Waals surface area contributed by atoms with Crippen molar-refractivity contribution in [1.82, 2.24) is 9.29 Å². The van der Waals surface area contributed by atoms with Crippen LogP contribution < -0.4 is 5.73 Å². The predicted molar refractivity (Wildman–Crippen MR) is 76.6 cm³/mol.